The van der Waals surface area contributed by atoms with Gasteiger partial charge < -0.3 is 16.4 Å². The van der Waals surface area contributed by atoms with E-state index in [4.69, 9.17) is 5.73 Å². The van der Waals surface area contributed by atoms with Gasteiger partial charge in [0.15, 0.2) is 0 Å². The molecule has 0 aliphatic heterocycles. The second-order valence-corrected chi connectivity index (χ2v) is 8.24. The molecule has 1 atom stereocenters. The predicted molar refractivity (Wildman–Crippen MR) is 131 cm³/mol. The number of amides is 1. The minimum absolute atomic E-state index is 0.00900. The van der Waals surface area contributed by atoms with Crippen molar-refractivity contribution in [2.24, 2.45) is 0 Å². The number of carbonyl (C=O) groups is 1. The molecule has 0 aliphatic carbocycles. The summed E-state index contributed by atoms with van der Waals surface area (Å²) < 4.78 is 53.2. The first kappa shape index (κ1) is 25.5. The van der Waals surface area contributed by atoms with Gasteiger partial charge in [-0.15, -0.1) is 0 Å². The first-order chi connectivity index (χ1) is 17.6. The molecule has 0 saturated heterocycles. The van der Waals surface area contributed by atoms with Crippen molar-refractivity contribution < 1.29 is 22.4 Å². The summed E-state index contributed by atoms with van der Waals surface area (Å²) >= 11 is 0. The number of benzene rings is 2. The Balaban J connectivity index is 1.52. The number of halogens is 4. The molecule has 2 aromatic heterocycles. The second-order valence-electron chi connectivity index (χ2n) is 8.24. The fourth-order valence-electron chi connectivity index (χ4n) is 3.51. The average molecular weight is 510 g/mol. The summed E-state index contributed by atoms with van der Waals surface area (Å²) in [4.78, 5) is 25.1. The molecule has 0 spiro atoms. The summed E-state index contributed by atoms with van der Waals surface area (Å²) in [7, 11) is 0. The van der Waals surface area contributed by atoms with Crippen LogP contribution in [0.5, 0.6) is 0 Å². The Hall–Kier alpha value is -4.54. The van der Waals surface area contributed by atoms with Gasteiger partial charge in [0.05, 0.1) is 35.3 Å². The summed E-state index contributed by atoms with van der Waals surface area (Å²) in [6.07, 6.45) is -1.01. The van der Waals surface area contributed by atoms with Crippen molar-refractivity contribution in [1.82, 2.24) is 20.3 Å². The van der Waals surface area contributed by atoms with Crippen molar-refractivity contribution in [2.75, 3.05) is 11.1 Å². The SMILES string of the molecule is CC(NC(=O)c1cc(C(F)(F)F)cnc1NCc1ccc(-c2cnc(N)cn2)cc1)c1ccc(F)cc1. The van der Waals surface area contributed by atoms with E-state index >= 15 is 0 Å². The topological polar surface area (TPSA) is 106 Å². The van der Waals surface area contributed by atoms with Gasteiger partial charge in [-0.3, -0.25) is 9.78 Å². The Labute approximate surface area is 209 Å². The van der Waals surface area contributed by atoms with Crippen LogP contribution in [0.3, 0.4) is 0 Å². The summed E-state index contributed by atoms with van der Waals surface area (Å²) in [5.41, 5.74) is 7.06. The summed E-state index contributed by atoms with van der Waals surface area (Å²) in [6.45, 7) is 1.84. The standard InChI is InChI=1S/C26H22F4N6O/c1-15(17-6-8-20(27)9-7-17)36-25(37)21-10-19(26(28,29)30)12-35-24(21)34-11-16-2-4-18(5-3-16)22-13-33-23(31)14-32-22/h2-10,12-15H,11H2,1H3,(H2,31,33)(H,34,35)(H,36,37). The third kappa shape index (κ3) is 6.37. The fourth-order valence-corrected chi connectivity index (χ4v) is 3.51. The van der Waals surface area contributed by atoms with E-state index in [0.29, 0.717) is 23.3 Å². The van der Waals surface area contributed by atoms with Gasteiger partial charge in [0.2, 0.25) is 0 Å². The molecule has 1 unspecified atom stereocenters. The summed E-state index contributed by atoms with van der Waals surface area (Å²) in [5.74, 6) is -0.897. The first-order valence-electron chi connectivity index (χ1n) is 11.1. The minimum atomic E-state index is -4.68. The maximum atomic E-state index is 13.3. The van der Waals surface area contributed by atoms with E-state index in [1.165, 1.54) is 30.5 Å². The molecule has 0 fully saturated rings. The number of aromatic nitrogens is 3. The number of pyridine rings is 1. The number of alkyl halides is 3. The zero-order valence-corrected chi connectivity index (χ0v) is 19.6. The molecular weight excluding hydrogens is 488 g/mol. The second kappa shape index (κ2) is 10.6. The zero-order valence-electron chi connectivity index (χ0n) is 19.6. The van der Waals surface area contributed by atoms with E-state index in [0.717, 1.165) is 17.2 Å². The Morgan fingerprint density at radius 2 is 1.68 bits per heavy atom. The highest BCUT2D eigenvalue weighted by molar-refractivity contribution is 5.99. The molecule has 1 amide bonds. The monoisotopic (exact) mass is 510 g/mol. The smallest absolute Gasteiger partial charge is 0.382 e. The van der Waals surface area contributed by atoms with Crippen molar-refractivity contribution in [3.8, 4) is 11.3 Å². The van der Waals surface area contributed by atoms with Crippen LogP contribution in [0, 0.1) is 5.82 Å². The molecule has 7 nitrogen and oxygen atoms in total. The van der Waals surface area contributed by atoms with Crippen LogP contribution >= 0.6 is 0 Å². The molecule has 0 radical (unpaired) electrons. The third-order valence-corrected chi connectivity index (χ3v) is 5.56. The van der Waals surface area contributed by atoms with E-state index in [1.54, 1.807) is 25.3 Å². The molecule has 11 heteroatoms. The molecule has 4 N–H and O–H groups in total. The lowest BCUT2D eigenvalue weighted by atomic mass is 10.1. The zero-order chi connectivity index (χ0) is 26.6. The Morgan fingerprint density at radius 1 is 0.973 bits per heavy atom. The minimum Gasteiger partial charge on any atom is -0.382 e. The van der Waals surface area contributed by atoms with E-state index in [1.807, 2.05) is 12.1 Å². The van der Waals surface area contributed by atoms with E-state index in [9.17, 15) is 22.4 Å². The summed E-state index contributed by atoms with van der Waals surface area (Å²) in [6, 6.07) is 12.9. The number of nitrogens with two attached hydrogens (primary N) is 1. The van der Waals surface area contributed by atoms with E-state index in [-0.39, 0.29) is 17.9 Å². The molecule has 0 aliphatic rings. The van der Waals surface area contributed by atoms with E-state index in [2.05, 4.69) is 25.6 Å². The summed E-state index contributed by atoms with van der Waals surface area (Å²) in [5, 5.41) is 5.59. The van der Waals surface area contributed by atoms with Gasteiger partial charge in [0, 0.05) is 18.3 Å². The molecule has 0 bridgehead atoms. The molecular formula is C26H22F4N6O. The number of hydrogen-bond donors (Lipinski definition) is 3. The number of anilines is 2. The lowest BCUT2D eigenvalue weighted by molar-refractivity contribution is -0.137. The molecule has 2 aromatic carbocycles. The number of hydrogen-bond acceptors (Lipinski definition) is 6. The molecule has 190 valence electrons. The maximum absolute atomic E-state index is 13.3. The highest BCUT2D eigenvalue weighted by Gasteiger charge is 2.32. The quantitative estimate of drug-likeness (QED) is 0.288. The number of rotatable bonds is 7. The third-order valence-electron chi connectivity index (χ3n) is 5.56. The van der Waals surface area contributed by atoms with Crippen molar-refractivity contribution in [3.05, 3.63) is 101 Å². The maximum Gasteiger partial charge on any atom is 0.417 e. The van der Waals surface area contributed by atoms with Crippen molar-refractivity contribution in [2.45, 2.75) is 25.7 Å². The predicted octanol–water partition coefficient (Wildman–Crippen LogP) is 5.38. The van der Waals surface area contributed by atoms with Gasteiger partial charge in [0.25, 0.3) is 5.91 Å². The van der Waals surface area contributed by atoms with Crippen LogP contribution in [0.25, 0.3) is 11.3 Å². The average Bonchev–Trinajstić information content (AvgIpc) is 2.88. The van der Waals surface area contributed by atoms with Crippen molar-refractivity contribution in [1.29, 1.82) is 0 Å². The van der Waals surface area contributed by atoms with E-state index < -0.39 is 29.5 Å². The first-order valence-corrected chi connectivity index (χ1v) is 11.1. The van der Waals surface area contributed by atoms with Gasteiger partial charge in [-0.05, 0) is 36.2 Å². The van der Waals surface area contributed by atoms with Gasteiger partial charge in [-0.2, -0.15) is 13.2 Å². The molecule has 37 heavy (non-hydrogen) atoms. The molecule has 0 saturated carbocycles. The van der Waals surface area contributed by atoms with Crippen molar-refractivity contribution in [3.63, 3.8) is 0 Å². The molecule has 2 heterocycles. The Bertz CT molecular complexity index is 1370. The lowest BCUT2D eigenvalue weighted by Crippen LogP contribution is -2.28. The van der Waals surface area contributed by atoms with Crippen LogP contribution in [0.15, 0.2) is 73.2 Å². The number of nitrogens with zero attached hydrogens (tertiary/aromatic N) is 3. The fraction of sp³-hybridized carbons (Fsp3) is 0.154. The van der Waals surface area contributed by atoms with Crippen LogP contribution in [0.2, 0.25) is 0 Å². The van der Waals surface area contributed by atoms with Crippen LogP contribution in [0.1, 0.15) is 40.0 Å². The van der Waals surface area contributed by atoms with Crippen LogP contribution in [-0.4, -0.2) is 20.9 Å². The largest absolute Gasteiger partial charge is 0.417 e. The van der Waals surface area contributed by atoms with Gasteiger partial charge in [-0.1, -0.05) is 36.4 Å². The van der Waals surface area contributed by atoms with Gasteiger partial charge in [-0.25, -0.2) is 14.4 Å². The lowest BCUT2D eigenvalue weighted by Gasteiger charge is -2.18. The number of nitrogen functional groups attached to an aromatic ring is 1. The van der Waals surface area contributed by atoms with Gasteiger partial charge >= 0.3 is 6.18 Å². The highest BCUT2D eigenvalue weighted by atomic mass is 19.4. The Morgan fingerprint density at radius 3 is 2.30 bits per heavy atom. The number of carbonyl (C=O) groups excluding carboxylic acids is 1. The normalized spacial score (nSPS) is 12.1. The number of nitrogens with one attached hydrogen (secondary N) is 2. The van der Waals surface area contributed by atoms with Crippen LogP contribution < -0.4 is 16.4 Å². The molecule has 4 rings (SSSR count). The van der Waals surface area contributed by atoms with Crippen molar-refractivity contribution >= 4 is 17.5 Å². The molecule has 4 aromatic rings. The Kier molecular flexibility index (Phi) is 7.32. The highest BCUT2D eigenvalue weighted by Crippen LogP contribution is 2.31. The van der Waals surface area contributed by atoms with Crippen LogP contribution in [0.4, 0.5) is 29.2 Å². The van der Waals surface area contributed by atoms with Crippen LogP contribution in [-0.2, 0) is 12.7 Å². The van der Waals surface area contributed by atoms with Gasteiger partial charge in [0.1, 0.15) is 17.5 Å².